The average Bonchev–Trinajstić information content (AvgIpc) is 2.94. The van der Waals surface area contributed by atoms with Crippen LogP contribution in [0.15, 0.2) is 69.9 Å². The van der Waals surface area contributed by atoms with Crippen molar-refractivity contribution in [2.24, 2.45) is 0 Å². The zero-order valence-electron chi connectivity index (χ0n) is 12.9. The van der Waals surface area contributed by atoms with Crippen LogP contribution in [0, 0.1) is 0 Å². The molecule has 0 aliphatic carbocycles. The van der Waals surface area contributed by atoms with Gasteiger partial charge in [0.1, 0.15) is 0 Å². The van der Waals surface area contributed by atoms with E-state index >= 15 is 0 Å². The van der Waals surface area contributed by atoms with Crippen molar-refractivity contribution in [2.75, 3.05) is 6.67 Å². The van der Waals surface area contributed by atoms with Crippen LogP contribution in [0.4, 0.5) is 4.39 Å². The molecule has 0 aliphatic rings. The molecule has 1 heterocycles. The molecule has 0 N–H and O–H groups in total. The lowest BCUT2D eigenvalue weighted by Gasteiger charge is -2.14. The number of nitrogens with zero attached hydrogens (tertiary/aromatic N) is 1. The third-order valence-electron chi connectivity index (χ3n) is 3.89. The highest BCUT2D eigenvalue weighted by Gasteiger charge is 2.22. The van der Waals surface area contributed by atoms with E-state index in [9.17, 15) is 9.18 Å². The van der Waals surface area contributed by atoms with E-state index in [1.807, 2.05) is 67.6 Å². The van der Waals surface area contributed by atoms with Crippen LogP contribution < -0.4 is 5.76 Å². The quantitative estimate of drug-likeness (QED) is 0.685. The van der Waals surface area contributed by atoms with E-state index in [0.29, 0.717) is 11.5 Å². The van der Waals surface area contributed by atoms with Gasteiger partial charge in [0.15, 0.2) is 5.76 Å². The summed E-state index contributed by atoms with van der Waals surface area (Å²) in [7, 11) is 0. The van der Waals surface area contributed by atoms with Gasteiger partial charge < -0.3 is 4.42 Å². The van der Waals surface area contributed by atoms with Crippen molar-refractivity contribution >= 4 is 0 Å². The Bertz CT molecular complexity index is 822. The molecule has 2 aromatic carbocycles. The van der Waals surface area contributed by atoms with Gasteiger partial charge in [0.05, 0.1) is 12.4 Å². The summed E-state index contributed by atoms with van der Waals surface area (Å²) in [5, 5.41) is 0. The summed E-state index contributed by atoms with van der Waals surface area (Å²) in [4.78, 5) is 12.4. The lowest BCUT2D eigenvalue weighted by Crippen LogP contribution is -2.20. The van der Waals surface area contributed by atoms with Gasteiger partial charge in [-0.3, -0.25) is 8.96 Å². The van der Waals surface area contributed by atoms with Gasteiger partial charge in [-0.1, -0.05) is 60.7 Å². The largest absolute Gasteiger partial charge is 0.420 e. The molecule has 0 fully saturated rings. The van der Waals surface area contributed by atoms with Crippen LogP contribution in [0.25, 0.3) is 22.6 Å². The van der Waals surface area contributed by atoms with Crippen molar-refractivity contribution in [3.8, 4) is 22.6 Å². The second-order valence-corrected chi connectivity index (χ2v) is 5.47. The van der Waals surface area contributed by atoms with E-state index in [2.05, 4.69) is 0 Å². The van der Waals surface area contributed by atoms with Crippen molar-refractivity contribution in [3.05, 3.63) is 71.2 Å². The molecule has 0 radical (unpaired) electrons. The second kappa shape index (κ2) is 6.65. The number of aromatic nitrogens is 1. The van der Waals surface area contributed by atoms with E-state index in [-0.39, 0.29) is 12.5 Å². The van der Waals surface area contributed by atoms with Crippen molar-refractivity contribution in [3.63, 3.8) is 0 Å². The van der Waals surface area contributed by atoms with Crippen LogP contribution in [0.5, 0.6) is 0 Å². The number of halogens is 1. The molecule has 0 saturated heterocycles. The summed E-state index contributed by atoms with van der Waals surface area (Å²) in [6.07, 6.45) is 0.271. The molecule has 118 valence electrons. The minimum Gasteiger partial charge on any atom is -0.407 e. The molecule has 3 nitrogen and oxygen atoms in total. The Hall–Kier alpha value is -2.62. The van der Waals surface area contributed by atoms with Crippen LogP contribution in [-0.2, 0) is 0 Å². The number of alkyl halides is 1. The third kappa shape index (κ3) is 2.97. The summed E-state index contributed by atoms with van der Waals surface area (Å²) in [5.74, 6) is 0.0659. The Kier molecular flexibility index (Phi) is 4.42. The zero-order chi connectivity index (χ0) is 16.2. The van der Waals surface area contributed by atoms with Gasteiger partial charge in [0, 0.05) is 17.2 Å². The summed E-state index contributed by atoms with van der Waals surface area (Å²) in [5.41, 5.74) is 2.40. The van der Waals surface area contributed by atoms with Crippen LogP contribution >= 0.6 is 0 Å². The fourth-order valence-corrected chi connectivity index (χ4v) is 2.72. The second-order valence-electron chi connectivity index (χ2n) is 5.47. The Morgan fingerprint density at radius 2 is 1.57 bits per heavy atom. The Morgan fingerprint density at radius 3 is 2.13 bits per heavy atom. The predicted octanol–water partition coefficient (Wildman–Crippen LogP) is 4.70. The van der Waals surface area contributed by atoms with Crippen LogP contribution in [0.3, 0.4) is 0 Å². The van der Waals surface area contributed by atoms with Crippen LogP contribution in [0.1, 0.15) is 19.4 Å². The van der Waals surface area contributed by atoms with Gasteiger partial charge >= 0.3 is 5.76 Å². The maximum absolute atomic E-state index is 12.8. The first-order valence-corrected chi connectivity index (χ1v) is 7.64. The fraction of sp³-hybridized carbons (Fsp3) is 0.211. The summed E-state index contributed by atoms with van der Waals surface area (Å²) < 4.78 is 19.9. The first kappa shape index (κ1) is 15.3. The number of oxazole rings is 1. The van der Waals surface area contributed by atoms with Gasteiger partial charge in [-0.15, -0.1) is 0 Å². The Balaban J connectivity index is 2.25. The van der Waals surface area contributed by atoms with Crippen molar-refractivity contribution in [1.82, 2.24) is 4.57 Å². The lowest BCUT2D eigenvalue weighted by atomic mass is 10.0. The average molecular weight is 311 g/mol. The van der Waals surface area contributed by atoms with E-state index in [1.54, 1.807) is 4.57 Å². The highest BCUT2D eigenvalue weighted by atomic mass is 19.1. The van der Waals surface area contributed by atoms with E-state index < -0.39 is 12.4 Å². The molecule has 1 atom stereocenters. The van der Waals surface area contributed by atoms with Gasteiger partial charge in [-0.25, -0.2) is 4.79 Å². The maximum Gasteiger partial charge on any atom is 0.420 e. The summed E-state index contributed by atoms with van der Waals surface area (Å²) >= 11 is 0. The number of rotatable bonds is 5. The van der Waals surface area contributed by atoms with Gasteiger partial charge in [-0.05, 0) is 13.3 Å². The molecule has 3 rings (SSSR count). The molecule has 0 spiro atoms. The number of hydrogen-bond donors (Lipinski definition) is 0. The van der Waals surface area contributed by atoms with Crippen molar-refractivity contribution in [2.45, 2.75) is 19.4 Å². The molecule has 3 aromatic rings. The molecule has 0 aliphatic heterocycles. The molecule has 4 heteroatoms. The standard InChI is InChI=1S/C19H18FNO2/c1-14(12-13-20)21-17(15-8-4-2-5-9-15)18(23-19(21)22)16-10-6-3-7-11-16/h2-11,14H,12-13H2,1H3/t14-/m0/s1. The van der Waals surface area contributed by atoms with E-state index in [0.717, 1.165) is 11.1 Å². The fourth-order valence-electron chi connectivity index (χ4n) is 2.72. The molecule has 0 bridgehead atoms. The van der Waals surface area contributed by atoms with Crippen LogP contribution in [0.2, 0.25) is 0 Å². The normalized spacial score (nSPS) is 12.3. The molecule has 1 aromatic heterocycles. The summed E-state index contributed by atoms with van der Waals surface area (Å²) in [6.45, 7) is 1.35. The van der Waals surface area contributed by atoms with Crippen LogP contribution in [-0.4, -0.2) is 11.2 Å². The monoisotopic (exact) mass is 311 g/mol. The topological polar surface area (TPSA) is 35.1 Å². The maximum atomic E-state index is 12.8. The van der Waals surface area contributed by atoms with Crippen molar-refractivity contribution < 1.29 is 8.81 Å². The molecule has 0 saturated carbocycles. The SMILES string of the molecule is C[C@@H](CCF)n1c(-c2ccccc2)c(-c2ccccc2)oc1=O. The van der Waals surface area contributed by atoms with Crippen molar-refractivity contribution in [1.29, 1.82) is 0 Å². The van der Waals surface area contributed by atoms with E-state index in [4.69, 9.17) is 4.42 Å². The number of benzene rings is 2. The molecule has 23 heavy (non-hydrogen) atoms. The minimum absolute atomic E-state index is 0.271. The zero-order valence-corrected chi connectivity index (χ0v) is 12.9. The summed E-state index contributed by atoms with van der Waals surface area (Å²) in [6, 6.07) is 18.8. The first-order valence-electron chi connectivity index (χ1n) is 7.64. The minimum atomic E-state index is -0.478. The predicted molar refractivity (Wildman–Crippen MR) is 89.1 cm³/mol. The third-order valence-corrected chi connectivity index (χ3v) is 3.89. The van der Waals surface area contributed by atoms with Gasteiger partial charge in [-0.2, -0.15) is 0 Å². The van der Waals surface area contributed by atoms with Gasteiger partial charge in [0.25, 0.3) is 0 Å². The number of hydrogen-bond acceptors (Lipinski definition) is 2. The Morgan fingerprint density at radius 1 is 1.00 bits per heavy atom. The first-order chi connectivity index (χ1) is 11.2. The highest BCUT2D eigenvalue weighted by molar-refractivity contribution is 5.77. The Labute approximate surface area is 134 Å². The lowest BCUT2D eigenvalue weighted by molar-refractivity contribution is 0.377. The molecular weight excluding hydrogens is 293 g/mol. The van der Waals surface area contributed by atoms with Gasteiger partial charge in [0.2, 0.25) is 0 Å². The molecule has 0 amide bonds. The smallest absolute Gasteiger partial charge is 0.407 e. The van der Waals surface area contributed by atoms with E-state index in [1.165, 1.54) is 0 Å². The molecule has 0 unspecified atom stereocenters. The molecular formula is C19H18FNO2. The highest BCUT2D eigenvalue weighted by Crippen LogP contribution is 2.33.